The molecule has 0 saturated carbocycles. The fourth-order valence-electron chi connectivity index (χ4n) is 1.46. The molecule has 1 aliphatic rings. The van der Waals surface area contributed by atoms with Crippen molar-refractivity contribution in [1.29, 1.82) is 0 Å². The standard InChI is InChI=1S/C11H18/c1-2-3-5-8-11-9-6-4-7-10-11/h4,6,10H,2-3,5,7-9H2,1H3. The minimum atomic E-state index is 1.17. The Morgan fingerprint density at radius 3 is 2.82 bits per heavy atom. The summed E-state index contributed by atoms with van der Waals surface area (Å²) in [5.41, 5.74) is 1.65. The second kappa shape index (κ2) is 5.17. The van der Waals surface area contributed by atoms with Crippen molar-refractivity contribution in [3.05, 3.63) is 23.8 Å². The SMILES string of the molecule is CCCCCC1=CCC=CC1. The maximum Gasteiger partial charge on any atom is -0.0139 e. The van der Waals surface area contributed by atoms with E-state index >= 15 is 0 Å². The van der Waals surface area contributed by atoms with Gasteiger partial charge in [-0.05, 0) is 25.7 Å². The van der Waals surface area contributed by atoms with Gasteiger partial charge in [0.1, 0.15) is 0 Å². The molecule has 0 aromatic heterocycles. The zero-order chi connectivity index (χ0) is 7.94. The van der Waals surface area contributed by atoms with Gasteiger partial charge in [0.25, 0.3) is 0 Å². The molecule has 1 rings (SSSR count). The molecule has 0 aliphatic heterocycles. The van der Waals surface area contributed by atoms with E-state index in [1.54, 1.807) is 5.57 Å². The molecule has 62 valence electrons. The molecule has 0 unspecified atom stereocenters. The van der Waals surface area contributed by atoms with Crippen LogP contribution in [0.1, 0.15) is 45.4 Å². The molecule has 0 atom stereocenters. The van der Waals surface area contributed by atoms with Crippen LogP contribution in [0.15, 0.2) is 23.8 Å². The fraction of sp³-hybridized carbons (Fsp3) is 0.636. The predicted molar refractivity (Wildman–Crippen MR) is 50.6 cm³/mol. The summed E-state index contributed by atoms with van der Waals surface area (Å²) in [6.07, 6.45) is 14.8. The van der Waals surface area contributed by atoms with Gasteiger partial charge in [0.2, 0.25) is 0 Å². The maximum atomic E-state index is 2.38. The topological polar surface area (TPSA) is 0 Å². The monoisotopic (exact) mass is 150 g/mol. The van der Waals surface area contributed by atoms with E-state index in [1.807, 2.05) is 0 Å². The average Bonchev–Trinajstić information content (AvgIpc) is 2.07. The highest BCUT2D eigenvalue weighted by Gasteiger charge is 1.97. The molecule has 0 radical (unpaired) electrons. The quantitative estimate of drug-likeness (QED) is 0.422. The molecule has 0 bridgehead atoms. The van der Waals surface area contributed by atoms with Crippen molar-refractivity contribution >= 4 is 0 Å². The van der Waals surface area contributed by atoms with Gasteiger partial charge in [-0.1, -0.05) is 43.6 Å². The van der Waals surface area contributed by atoms with Gasteiger partial charge >= 0.3 is 0 Å². The minimum absolute atomic E-state index is 1.17. The second-order valence-electron chi connectivity index (χ2n) is 3.23. The lowest BCUT2D eigenvalue weighted by atomic mass is 10.00. The Morgan fingerprint density at radius 1 is 1.27 bits per heavy atom. The summed E-state index contributed by atoms with van der Waals surface area (Å²) in [5, 5.41) is 0. The van der Waals surface area contributed by atoms with Gasteiger partial charge in [-0.25, -0.2) is 0 Å². The Labute approximate surface area is 70.0 Å². The maximum absolute atomic E-state index is 2.38. The Hall–Kier alpha value is -0.520. The van der Waals surface area contributed by atoms with Crippen molar-refractivity contribution in [3.8, 4) is 0 Å². The van der Waals surface area contributed by atoms with E-state index in [2.05, 4.69) is 25.2 Å². The molecule has 11 heavy (non-hydrogen) atoms. The van der Waals surface area contributed by atoms with Crippen LogP contribution in [0.5, 0.6) is 0 Å². The molecule has 0 aromatic carbocycles. The molecule has 1 aliphatic carbocycles. The fourth-order valence-corrected chi connectivity index (χ4v) is 1.46. The third kappa shape index (κ3) is 3.41. The molecule has 0 fully saturated rings. The molecule has 0 N–H and O–H groups in total. The van der Waals surface area contributed by atoms with Crippen molar-refractivity contribution in [2.75, 3.05) is 0 Å². The van der Waals surface area contributed by atoms with Crippen LogP contribution >= 0.6 is 0 Å². The summed E-state index contributed by atoms with van der Waals surface area (Å²) in [7, 11) is 0. The Morgan fingerprint density at radius 2 is 2.18 bits per heavy atom. The molecule has 0 aromatic rings. The first-order valence-electron chi connectivity index (χ1n) is 4.76. The van der Waals surface area contributed by atoms with Gasteiger partial charge in [-0.3, -0.25) is 0 Å². The van der Waals surface area contributed by atoms with Gasteiger partial charge in [-0.2, -0.15) is 0 Å². The lowest BCUT2D eigenvalue weighted by Crippen LogP contribution is -1.86. The van der Waals surface area contributed by atoms with Crippen molar-refractivity contribution in [3.63, 3.8) is 0 Å². The highest BCUT2D eigenvalue weighted by Crippen LogP contribution is 2.17. The van der Waals surface area contributed by atoms with Crippen LogP contribution in [0, 0.1) is 0 Å². The smallest absolute Gasteiger partial charge is 0.0139 e. The van der Waals surface area contributed by atoms with E-state index in [0.29, 0.717) is 0 Å². The number of unbranched alkanes of at least 4 members (excludes halogenated alkanes) is 2. The molecule has 0 heteroatoms. The molecule has 0 spiro atoms. The molecular formula is C11H18. The van der Waals surface area contributed by atoms with Crippen LogP contribution in [-0.2, 0) is 0 Å². The Balaban J connectivity index is 2.11. The van der Waals surface area contributed by atoms with Gasteiger partial charge in [-0.15, -0.1) is 0 Å². The van der Waals surface area contributed by atoms with Gasteiger partial charge < -0.3 is 0 Å². The highest BCUT2D eigenvalue weighted by atomic mass is 14.0. The summed E-state index contributed by atoms with van der Waals surface area (Å²) in [6.45, 7) is 2.26. The zero-order valence-corrected chi connectivity index (χ0v) is 7.47. The van der Waals surface area contributed by atoms with Crippen molar-refractivity contribution in [2.24, 2.45) is 0 Å². The normalized spacial score (nSPS) is 16.6. The summed E-state index contributed by atoms with van der Waals surface area (Å²) >= 11 is 0. The van der Waals surface area contributed by atoms with Crippen molar-refractivity contribution in [2.45, 2.75) is 45.4 Å². The highest BCUT2D eigenvalue weighted by molar-refractivity contribution is 5.14. The second-order valence-corrected chi connectivity index (χ2v) is 3.23. The lowest BCUT2D eigenvalue weighted by Gasteiger charge is -2.06. The molecular weight excluding hydrogens is 132 g/mol. The summed E-state index contributed by atoms with van der Waals surface area (Å²) in [4.78, 5) is 0. The van der Waals surface area contributed by atoms with Crippen LogP contribution in [0.2, 0.25) is 0 Å². The lowest BCUT2D eigenvalue weighted by molar-refractivity contribution is 0.704. The Bertz CT molecular complexity index is 151. The van der Waals surface area contributed by atoms with E-state index in [1.165, 1.54) is 38.5 Å². The first-order chi connectivity index (χ1) is 5.43. The van der Waals surface area contributed by atoms with Gasteiger partial charge in [0.05, 0.1) is 0 Å². The number of hydrogen-bond acceptors (Lipinski definition) is 0. The molecule has 0 saturated heterocycles. The minimum Gasteiger partial charge on any atom is -0.0844 e. The van der Waals surface area contributed by atoms with E-state index in [4.69, 9.17) is 0 Å². The first kappa shape index (κ1) is 8.58. The van der Waals surface area contributed by atoms with E-state index in [9.17, 15) is 0 Å². The average molecular weight is 150 g/mol. The third-order valence-electron chi connectivity index (χ3n) is 2.19. The van der Waals surface area contributed by atoms with E-state index < -0.39 is 0 Å². The third-order valence-corrected chi connectivity index (χ3v) is 2.19. The summed E-state index contributed by atoms with van der Waals surface area (Å²) in [6, 6.07) is 0. The summed E-state index contributed by atoms with van der Waals surface area (Å²) in [5.74, 6) is 0. The molecule has 0 amide bonds. The zero-order valence-electron chi connectivity index (χ0n) is 7.47. The van der Waals surface area contributed by atoms with Crippen LogP contribution in [0.25, 0.3) is 0 Å². The predicted octanol–water partition coefficient (Wildman–Crippen LogP) is 3.84. The van der Waals surface area contributed by atoms with E-state index in [-0.39, 0.29) is 0 Å². The van der Waals surface area contributed by atoms with Crippen LogP contribution in [0.3, 0.4) is 0 Å². The van der Waals surface area contributed by atoms with Crippen molar-refractivity contribution < 1.29 is 0 Å². The Kier molecular flexibility index (Phi) is 4.03. The number of allylic oxidation sites excluding steroid dienone is 4. The van der Waals surface area contributed by atoms with Crippen molar-refractivity contribution in [1.82, 2.24) is 0 Å². The largest absolute Gasteiger partial charge is 0.0844 e. The van der Waals surface area contributed by atoms with E-state index in [0.717, 1.165) is 0 Å². The number of hydrogen-bond donors (Lipinski definition) is 0. The van der Waals surface area contributed by atoms with Crippen LogP contribution in [0.4, 0.5) is 0 Å². The molecule has 0 heterocycles. The van der Waals surface area contributed by atoms with Gasteiger partial charge in [0, 0.05) is 0 Å². The summed E-state index contributed by atoms with van der Waals surface area (Å²) < 4.78 is 0. The first-order valence-corrected chi connectivity index (χ1v) is 4.76. The van der Waals surface area contributed by atoms with Crippen LogP contribution < -0.4 is 0 Å². The van der Waals surface area contributed by atoms with Crippen LogP contribution in [-0.4, -0.2) is 0 Å². The number of rotatable bonds is 4. The van der Waals surface area contributed by atoms with Gasteiger partial charge in [0.15, 0.2) is 0 Å². The molecule has 0 nitrogen and oxygen atoms in total.